The van der Waals surface area contributed by atoms with Gasteiger partial charge in [0.15, 0.2) is 0 Å². The van der Waals surface area contributed by atoms with Gasteiger partial charge in [-0.05, 0) is 52.9 Å². The number of nitrogen functional groups attached to an aromatic ring is 1. The zero-order valence-corrected chi connectivity index (χ0v) is 11.3. The van der Waals surface area contributed by atoms with Gasteiger partial charge in [0.25, 0.3) is 0 Å². The zero-order valence-electron chi connectivity index (χ0n) is 9.76. The Balaban J connectivity index is 2.63. The van der Waals surface area contributed by atoms with Crippen LogP contribution in [0.1, 0.15) is 18.9 Å². The lowest BCUT2D eigenvalue weighted by atomic mass is 10.1. The normalized spacial score (nSPS) is 12.5. The molecule has 0 amide bonds. The minimum atomic E-state index is 0.241. The van der Waals surface area contributed by atoms with Crippen LogP contribution in [0.4, 0.5) is 11.4 Å². The first-order valence-electron chi connectivity index (χ1n) is 5.45. The van der Waals surface area contributed by atoms with Crippen molar-refractivity contribution >= 4 is 27.3 Å². The number of halogens is 1. The van der Waals surface area contributed by atoms with Gasteiger partial charge in [0.1, 0.15) is 0 Å². The Morgan fingerprint density at radius 2 is 2.19 bits per heavy atom. The second-order valence-electron chi connectivity index (χ2n) is 4.19. The SMILES string of the molecule is Cc1cc(NCC(C)CCO)c(Br)cc1N. The van der Waals surface area contributed by atoms with Crippen LogP contribution in [0.15, 0.2) is 16.6 Å². The maximum absolute atomic E-state index is 8.82. The molecule has 0 aromatic heterocycles. The average Bonchev–Trinajstić information content (AvgIpc) is 2.22. The van der Waals surface area contributed by atoms with Gasteiger partial charge in [-0.3, -0.25) is 0 Å². The van der Waals surface area contributed by atoms with Crippen LogP contribution in [0.2, 0.25) is 0 Å². The van der Waals surface area contributed by atoms with Crippen LogP contribution >= 0.6 is 15.9 Å². The highest BCUT2D eigenvalue weighted by atomic mass is 79.9. The van der Waals surface area contributed by atoms with Gasteiger partial charge in [-0.1, -0.05) is 6.92 Å². The summed E-state index contributed by atoms with van der Waals surface area (Å²) in [6.07, 6.45) is 0.818. The van der Waals surface area contributed by atoms with E-state index in [1.54, 1.807) is 0 Å². The Labute approximate surface area is 105 Å². The molecule has 0 aliphatic carbocycles. The summed E-state index contributed by atoms with van der Waals surface area (Å²) < 4.78 is 0.979. The first kappa shape index (κ1) is 13.3. The quantitative estimate of drug-likeness (QED) is 0.730. The third-order valence-electron chi connectivity index (χ3n) is 2.62. The second kappa shape index (κ2) is 6.11. The molecule has 0 fully saturated rings. The lowest BCUT2D eigenvalue weighted by Gasteiger charge is -2.14. The Hall–Kier alpha value is -0.740. The van der Waals surface area contributed by atoms with Gasteiger partial charge in [0, 0.05) is 29.0 Å². The molecule has 0 heterocycles. The lowest BCUT2D eigenvalue weighted by molar-refractivity contribution is 0.266. The number of nitrogens with one attached hydrogen (secondary N) is 1. The van der Waals surface area contributed by atoms with Crippen molar-refractivity contribution in [2.24, 2.45) is 5.92 Å². The predicted octanol–water partition coefficient (Wildman–Crippen LogP) is 2.77. The van der Waals surface area contributed by atoms with Gasteiger partial charge in [-0.25, -0.2) is 0 Å². The number of anilines is 2. The molecule has 0 saturated carbocycles. The molecule has 0 aliphatic rings. The molecule has 0 aliphatic heterocycles. The van der Waals surface area contributed by atoms with Gasteiger partial charge in [-0.2, -0.15) is 0 Å². The van der Waals surface area contributed by atoms with E-state index < -0.39 is 0 Å². The van der Waals surface area contributed by atoms with E-state index in [2.05, 4.69) is 28.2 Å². The summed E-state index contributed by atoms with van der Waals surface area (Å²) in [5, 5.41) is 12.2. The van der Waals surface area contributed by atoms with E-state index >= 15 is 0 Å². The van der Waals surface area contributed by atoms with Gasteiger partial charge in [0.2, 0.25) is 0 Å². The summed E-state index contributed by atoms with van der Waals surface area (Å²) >= 11 is 3.48. The van der Waals surface area contributed by atoms with E-state index in [-0.39, 0.29) is 6.61 Å². The molecule has 16 heavy (non-hydrogen) atoms. The minimum Gasteiger partial charge on any atom is -0.398 e. The highest BCUT2D eigenvalue weighted by Gasteiger charge is 2.05. The highest BCUT2D eigenvalue weighted by Crippen LogP contribution is 2.27. The van der Waals surface area contributed by atoms with Crippen molar-refractivity contribution in [1.82, 2.24) is 0 Å². The smallest absolute Gasteiger partial charge is 0.0488 e. The van der Waals surface area contributed by atoms with Crippen LogP contribution in [0.3, 0.4) is 0 Å². The predicted molar refractivity (Wildman–Crippen MR) is 72.6 cm³/mol. The minimum absolute atomic E-state index is 0.241. The molecular weight excluding hydrogens is 268 g/mol. The molecule has 4 heteroatoms. The molecule has 0 spiro atoms. The van der Waals surface area contributed by atoms with E-state index in [4.69, 9.17) is 10.8 Å². The third-order valence-corrected chi connectivity index (χ3v) is 3.27. The Morgan fingerprint density at radius 3 is 2.81 bits per heavy atom. The van der Waals surface area contributed by atoms with Gasteiger partial charge >= 0.3 is 0 Å². The molecule has 1 rings (SSSR count). The molecule has 1 aromatic carbocycles. The molecule has 0 radical (unpaired) electrons. The maximum atomic E-state index is 8.82. The zero-order chi connectivity index (χ0) is 12.1. The molecular formula is C12H19BrN2O. The van der Waals surface area contributed by atoms with Crippen molar-refractivity contribution in [1.29, 1.82) is 0 Å². The summed E-state index contributed by atoms with van der Waals surface area (Å²) in [7, 11) is 0. The fourth-order valence-corrected chi connectivity index (χ4v) is 1.94. The number of nitrogens with two attached hydrogens (primary N) is 1. The topological polar surface area (TPSA) is 58.3 Å². The lowest BCUT2D eigenvalue weighted by Crippen LogP contribution is -2.13. The Morgan fingerprint density at radius 1 is 1.50 bits per heavy atom. The molecule has 3 nitrogen and oxygen atoms in total. The highest BCUT2D eigenvalue weighted by molar-refractivity contribution is 9.10. The summed E-state index contributed by atoms with van der Waals surface area (Å²) in [4.78, 5) is 0. The van der Waals surface area contributed by atoms with E-state index in [0.29, 0.717) is 5.92 Å². The fourth-order valence-electron chi connectivity index (χ4n) is 1.44. The Kier molecular flexibility index (Phi) is 5.09. The van der Waals surface area contributed by atoms with E-state index in [1.807, 2.05) is 19.1 Å². The number of aliphatic hydroxyl groups is 1. The number of aliphatic hydroxyl groups excluding tert-OH is 1. The standard InChI is InChI=1S/C12H19BrN2O/c1-8(3-4-16)7-15-12-5-9(2)11(14)6-10(12)13/h5-6,8,15-16H,3-4,7,14H2,1-2H3. The monoisotopic (exact) mass is 286 g/mol. The van der Waals surface area contributed by atoms with Gasteiger partial charge in [0.05, 0.1) is 0 Å². The van der Waals surface area contributed by atoms with E-state index in [0.717, 1.165) is 34.4 Å². The van der Waals surface area contributed by atoms with Crippen LogP contribution in [0, 0.1) is 12.8 Å². The first-order chi connectivity index (χ1) is 7.54. The van der Waals surface area contributed by atoms with Crippen molar-refractivity contribution in [2.45, 2.75) is 20.3 Å². The van der Waals surface area contributed by atoms with Crippen molar-refractivity contribution in [3.63, 3.8) is 0 Å². The van der Waals surface area contributed by atoms with Crippen molar-refractivity contribution in [3.8, 4) is 0 Å². The second-order valence-corrected chi connectivity index (χ2v) is 5.04. The van der Waals surface area contributed by atoms with Crippen LogP contribution in [0.25, 0.3) is 0 Å². The fraction of sp³-hybridized carbons (Fsp3) is 0.500. The molecule has 0 saturated heterocycles. The summed E-state index contributed by atoms with van der Waals surface area (Å²) in [5.74, 6) is 0.453. The molecule has 1 unspecified atom stereocenters. The molecule has 0 bridgehead atoms. The largest absolute Gasteiger partial charge is 0.398 e. The number of rotatable bonds is 5. The summed E-state index contributed by atoms with van der Waals surface area (Å²) in [5.41, 5.74) is 8.72. The van der Waals surface area contributed by atoms with Gasteiger partial charge in [-0.15, -0.1) is 0 Å². The van der Waals surface area contributed by atoms with E-state index in [1.165, 1.54) is 0 Å². The number of hydrogen-bond donors (Lipinski definition) is 3. The third kappa shape index (κ3) is 3.68. The van der Waals surface area contributed by atoms with Crippen LogP contribution in [0.5, 0.6) is 0 Å². The first-order valence-corrected chi connectivity index (χ1v) is 6.24. The van der Waals surface area contributed by atoms with Crippen molar-refractivity contribution < 1.29 is 5.11 Å². The number of hydrogen-bond acceptors (Lipinski definition) is 3. The molecule has 1 atom stereocenters. The van der Waals surface area contributed by atoms with Gasteiger partial charge < -0.3 is 16.2 Å². The Bertz CT molecular complexity index is 355. The summed E-state index contributed by atoms with van der Waals surface area (Å²) in [6.45, 7) is 5.19. The molecule has 1 aromatic rings. The van der Waals surface area contributed by atoms with Crippen molar-refractivity contribution in [3.05, 3.63) is 22.2 Å². The van der Waals surface area contributed by atoms with Crippen LogP contribution < -0.4 is 11.1 Å². The molecule has 90 valence electrons. The molecule has 4 N–H and O–H groups in total. The average molecular weight is 287 g/mol. The summed E-state index contributed by atoms with van der Waals surface area (Å²) in [6, 6.07) is 3.94. The maximum Gasteiger partial charge on any atom is 0.0488 e. The number of benzene rings is 1. The van der Waals surface area contributed by atoms with Crippen molar-refractivity contribution in [2.75, 3.05) is 24.2 Å². The number of aryl methyl sites for hydroxylation is 1. The van der Waals surface area contributed by atoms with E-state index in [9.17, 15) is 0 Å². The van der Waals surface area contributed by atoms with Crippen LogP contribution in [-0.2, 0) is 0 Å². The van der Waals surface area contributed by atoms with Crippen LogP contribution in [-0.4, -0.2) is 18.3 Å².